The van der Waals surface area contributed by atoms with E-state index in [4.69, 9.17) is 15.9 Å². The van der Waals surface area contributed by atoms with Gasteiger partial charge < -0.3 is 26.3 Å². The Kier molecular flexibility index (Phi) is 7.34. The summed E-state index contributed by atoms with van der Waals surface area (Å²) in [5, 5.41) is 22.1. The molecule has 2 atom stereocenters. The number of nitrogens with zero attached hydrogens (tertiary/aromatic N) is 2. The highest BCUT2D eigenvalue weighted by molar-refractivity contribution is 6.12. The lowest BCUT2D eigenvalue weighted by atomic mass is 9.81. The number of benzene rings is 1. The molecule has 10 nitrogen and oxygen atoms in total. The van der Waals surface area contributed by atoms with Gasteiger partial charge in [0.1, 0.15) is 41.1 Å². The number of ether oxygens (including phenoxy) is 1. The molecule has 0 radical (unpaired) electrons. The van der Waals surface area contributed by atoms with E-state index in [-0.39, 0.29) is 40.6 Å². The van der Waals surface area contributed by atoms with Gasteiger partial charge in [-0.05, 0) is 44.2 Å². The number of carbonyl (C=O) groups is 2. The number of hydrogen-bond acceptors (Lipinski definition) is 7. The molecule has 40 heavy (non-hydrogen) atoms. The lowest BCUT2D eigenvalue weighted by Gasteiger charge is -2.31. The topological polar surface area (TPSA) is 167 Å². The van der Waals surface area contributed by atoms with Crippen LogP contribution in [0.15, 0.2) is 59.0 Å². The Balaban J connectivity index is 1.82. The fourth-order valence-electron chi connectivity index (χ4n) is 4.19. The third kappa shape index (κ3) is 4.98. The monoisotopic (exact) mass is 561 g/mol. The van der Waals surface area contributed by atoms with Crippen molar-refractivity contribution < 1.29 is 42.3 Å². The molecule has 2 aliphatic heterocycles. The minimum Gasteiger partial charge on any atom is -0.489 e. The summed E-state index contributed by atoms with van der Waals surface area (Å²) in [4.78, 5) is 33.3. The summed E-state index contributed by atoms with van der Waals surface area (Å²) in [5.74, 6) is -2.61. The van der Waals surface area contributed by atoms with Gasteiger partial charge >= 0.3 is 6.18 Å². The second-order valence-electron chi connectivity index (χ2n) is 9.49. The summed E-state index contributed by atoms with van der Waals surface area (Å²) >= 11 is 0. The zero-order chi connectivity index (χ0) is 29.5. The van der Waals surface area contributed by atoms with Gasteiger partial charge in [0.2, 0.25) is 17.3 Å². The Labute approximate surface area is 225 Å². The van der Waals surface area contributed by atoms with Crippen molar-refractivity contribution >= 4 is 23.7 Å². The Morgan fingerprint density at radius 1 is 1.30 bits per heavy atom. The number of carbonyl (C=O) groups excluding carboxylic acids is 2. The van der Waals surface area contributed by atoms with Crippen molar-refractivity contribution in [1.82, 2.24) is 10.3 Å². The van der Waals surface area contributed by atoms with Crippen molar-refractivity contribution in [2.24, 2.45) is 10.7 Å². The van der Waals surface area contributed by atoms with Gasteiger partial charge in [-0.1, -0.05) is 0 Å². The molecule has 1 aromatic carbocycles. The number of allylic oxidation sites excluding steroid dienone is 1. The molecule has 1 aromatic heterocycles. The average Bonchev–Trinajstić information content (AvgIpc) is 3.25. The number of halogens is 4. The zero-order valence-electron chi connectivity index (χ0n) is 21.3. The van der Waals surface area contributed by atoms with Gasteiger partial charge in [-0.2, -0.15) is 13.2 Å². The molecule has 0 saturated heterocycles. The number of quaternary nitrogens is 1. The van der Waals surface area contributed by atoms with Gasteiger partial charge in [-0.15, -0.1) is 0 Å². The van der Waals surface area contributed by atoms with E-state index in [1.165, 1.54) is 24.4 Å². The maximum absolute atomic E-state index is 14.5. The number of pyridine rings is 1. The maximum atomic E-state index is 14.5. The molecule has 4 rings (SSSR count). The van der Waals surface area contributed by atoms with E-state index in [2.05, 4.69) is 9.98 Å². The number of rotatable bonds is 7. The second-order valence-corrected chi connectivity index (χ2v) is 9.49. The number of amides is 2. The molecule has 14 heteroatoms. The first kappa shape index (κ1) is 28.6. The predicted octanol–water partition coefficient (Wildman–Crippen LogP) is 1.30. The summed E-state index contributed by atoms with van der Waals surface area (Å²) in [7, 11) is 0. The molecule has 3 heterocycles. The number of primary amides is 1. The second kappa shape index (κ2) is 10.3. The number of aromatic nitrogens is 1. The van der Waals surface area contributed by atoms with Crippen LogP contribution in [0.25, 0.3) is 11.3 Å². The highest BCUT2D eigenvalue weighted by atomic mass is 19.4. The Morgan fingerprint density at radius 2 is 1.98 bits per heavy atom. The molecule has 0 spiro atoms. The molecule has 0 fully saturated rings. The van der Waals surface area contributed by atoms with E-state index in [9.17, 15) is 32.3 Å². The Hall–Kier alpha value is -4.43. The van der Waals surface area contributed by atoms with Gasteiger partial charge in [-0.3, -0.25) is 14.9 Å². The van der Waals surface area contributed by atoms with E-state index in [0.29, 0.717) is 11.9 Å². The van der Waals surface area contributed by atoms with Crippen molar-refractivity contribution in [2.45, 2.75) is 31.0 Å². The van der Waals surface area contributed by atoms with Crippen molar-refractivity contribution in [2.75, 3.05) is 13.2 Å². The third-order valence-corrected chi connectivity index (χ3v) is 6.68. The van der Waals surface area contributed by atoms with Gasteiger partial charge in [0.05, 0.1) is 12.2 Å². The molecule has 2 aromatic rings. The minimum atomic E-state index is -5.38. The maximum Gasteiger partial charge on any atom is 0.424 e. The van der Waals surface area contributed by atoms with Crippen molar-refractivity contribution in [3.8, 4) is 17.0 Å². The third-order valence-electron chi connectivity index (χ3n) is 6.68. The quantitative estimate of drug-likeness (QED) is 0.195. The van der Waals surface area contributed by atoms with Crippen LogP contribution >= 0.6 is 0 Å². The lowest BCUT2D eigenvalue weighted by molar-refractivity contribution is -0.537. The van der Waals surface area contributed by atoms with Crippen LogP contribution < -0.4 is 21.1 Å². The van der Waals surface area contributed by atoms with Crippen LogP contribution in [-0.4, -0.2) is 53.2 Å². The number of nitrogens with two attached hydrogens (primary N) is 2. The van der Waals surface area contributed by atoms with E-state index in [1.807, 2.05) is 5.32 Å². The highest BCUT2D eigenvalue weighted by Gasteiger charge is 2.57. The molecular weight excluding hydrogens is 536 g/mol. The van der Waals surface area contributed by atoms with E-state index in [0.717, 1.165) is 18.2 Å². The fraction of sp³-hybridized carbons (Fsp3) is 0.269. The Bertz CT molecular complexity index is 1490. The normalized spacial score (nSPS) is 21.0. The molecule has 2 amide bonds. The summed E-state index contributed by atoms with van der Waals surface area (Å²) in [5.41, 5.74) is -0.680. The summed E-state index contributed by atoms with van der Waals surface area (Å²) in [6.45, 7) is 1.29. The average molecular weight is 562 g/mol. The van der Waals surface area contributed by atoms with E-state index in [1.54, 1.807) is 19.2 Å². The molecule has 0 bridgehead atoms. The summed E-state index contributed by atoms with van der Waals surface area (Å²) in [6.07, 6.45) is -1.55. The number of hydrogen-bond donors (Lipinski definition) is 5. The first-order valence-electron chi connectivity index (χ1n) is 11.8. The number of aliphatic imine (C=N–C) groups is 1. The standard InChI is InChI=1S/C26H24F4N6O4/c1-13-7-8-33-21(35-13)16(10-31)22(37)34-11-25(39,26(28,29)30)18-9-17-20(40-12-24(17,2)23(32)38)19(36-18)14-3-5-15(27)6-4-14/h3-10,31,33,39H,11-12H2,1-2H3,(H2,32,38)(H,34,37)/p+1/b21-16-,31-10?/t24-,25-/m0/s1. The number of nitrogens with one attached hydrogen (secondary N) is 2. The van der Waals surface area contributed by atoms with Gasteiger partial charge in [0, 0.05) is 29.1 Å². The van der Waals surface area contributed by atoms with Crippen LogP contribution in [0, 0.1) is 11.2 Å². The predicted molar refractivity (Wildman–Crippen MR) is 135 cm³/mol. The SMILES string of the molecule is CC1=N/C(=C(/C=N)C(=O)NC[C@](O)(c2cc3c(c(-c4ccc(F)cc4)n2)OC[C@]3(C)C(N)=O)C(F)(F)F)[NH2+]C=C1. The van der Waals surface area contributed by atoms with Crippen LogP contribution in [-0.2, 0) is 20.6 Å². The van der Waals surface area contributed by atoms with Crippen molar-refractivity contribution in [3.05, 3.63) is 71.1 Å². The summed E-state index contributed by atoms with van der Waals surface area (Å²) < 4.78 is 62.7. The van der Waals surface area contributed by atoms with Gasteiger partial charge in [-0.25, -0.2) is 14.4 Å². The number of alkyl halides is 3. The molecular formula is C26H25F4N6O4+. The first-order chi connectivity index (χ1) is 18.7. The van der Waals surface area contributed by atoms with Crippen LogP contribution in [0.5, 0.6) is 5.75 Å². The van der Waals surface area contributed by atoms with E-state index < -0.39 is 47.1 Å². The molecule has 2 aliphatic rings. The van der Waals surface area contributed by atoms with Gasteiger partial charge in [0.25, 0.3) is 5.91 Å². The fourth-order valence-corrected chi connectivity index (χ4v) is 4.19. The lowest BCUT2D eigenvalue weighted by Crippen LogP contribution is -2.77. The minimum absolute atomic E-state index is 0.0461. The molecule has 0 unspecified atom stereocenters. The number of aliphatic hydroxyl groups is 1. The smallest absolute Gasteiger partial charge is 0.424 e. The van der Waals surface area contributed by atoms with E-state index >= 15 is 0 Å². The van der Waals surface area contributed by atoms with Crippen LogP contribution in [0.4, 0.5) is 17.6 Å². The first-order valence-corrected chi connectivity index (χ1v) is 11.8. The van der Waals surface area contributed by atoms with Crippen molar-refractivity contribution in [1.29, 1.82) is 5.41 Å². The van der Waals surface area contributed by atoms with Crippen LogP contribution in [0.1, 0.15) is 25.1 Å². The zero-order valence-corrected chi connectivity index (χ0v) is 21.3. The Morgan fingerprint density at radius 3 is 2.55 bits per heavy atom. The highest BCUT2D eigenvalue weighted by Crippen LogP contribution is 2.47. The largest absolute Gasteiger partial charge is 0.489 e. The molecule has 0 saturated carbocycles. The van der Waals surface area contributed by atoms with Crippen LogP contribution in [0.2, 0.25) is 0 Å². The molecule has 0 aliphatic carbocycles. The number of fused-ring (bicyclic) bond motifs is 1. The van der Waals surface area contributed by atoms with Crippen molar-refractivity contribution in [3.63, 3.8) is 0 Å². The molecule has 210 valence electrons. The van der Waals surface area contributed by atoms with Gasteiger partial charge in [0.15, 0.2) is 0 Å². The summed E-state index contributed by atoms with van der Waals surface area (Å²) in [6, 6.07) is 5.48. The van der Waals surface area contributed by atoms with Crippen LogP contribution in [0.3, 0.4) is 0 Å². The molecule has 7 N–H and O–H groups in total.